The summed E-state index contributed by atoms with van der Waals surface area (Å²) in [4.78, 5) is 37.0. The maximum absolute atomic E-state index is 12.7. The predicted molar refractivity (Wildman–Crippen MR) is 107 cm³/mol. The number of methoxy groups -OCH3 is 1. The summed E-state index contributed by atoms with van der Waals surface area (Å²) < 4.78 is 4.69. The van der Waals surface area contributed by atoms with E-state index in [0.717, 1.165) is 25.7 Å². The Hall–Kier alpha value is -3.15. The van der Waals surface area contributed by atoms with Gasteiger partial charge in [-0.1, -0.05) is 37.5 Å². The minimum absolute atomic E-state index is 0.182. The van der Waals surface area contributed by atoms with E-state index in [4.69, 9.17) is 0 Å². The molecule has 2 aromatic carbocycles. The highest BCUT2D eigenvalue weighted by Gasteiger charge is 2.19. The van der Waals surface area contributed by atoms with Crippen LogP contribution in [0.1, 0.15) is 63.2 Å². The zero-order valence-electron chi connectivity index (χ0n) is 15.9. The lowest BCUT2D eigenvalue weighted by molar-refractivity contribution is 0.0600. The number of benzene rings is 2. The average molecular weight is 380 g/mol. The van der Waals surface area contributed by atoms with Crippen LogP contribution in [0.15, 0.2) is 48.5 Å². The van der Waals surface area contributed by atoms with Crippen LogP contribution < -0.4 is 10.6 Å². The van der Waals surface area contributed by atoms with Crippen LogP contribution >= 0.6 is 0 Å². The SMILES string of the molecule is COC(=O)c1cccc(C(=O)Nc2ccccc2C(=O)NC2CCCCC2)c1. The Balaban J connectivity index is 1.75. The van der Waals surface area contributed by atoms with Crippen LogP contribution in [0.3, 0.4) is 0 Å². The fourth-order valence-electron chi connectivity index (χ4n) is 3.40. The normalized spacial score (nSPS) is 14.2. The lowest BCUT2D eigenvalue weighted by Crippen LogP contribution is -2.36. The van der Waals surface area contributed by atoms with Crippen LogP contribution in [0, 0.1) is 0 Å². The second-order valence-electron chi connectivity index (χ2n) is 6.88. The van der Waals surface area contributed by atoms with Crippen LogP contribution in [0.25, 0.3) is 0 Å². The van der Waals surface area contributed by atoms with Gasteiger partial charge in [0.05, 0.1) is 23.9 Å². The van der Waals surface area contributed by atoms with Gasteiger partial charge in [-0.2, -0.15) is 0 Å². The number of rotatable bonds is 5. The number of para-hydroxylation sites is 1. The minimum atomic E-state index is -0.512. The van der Waals surface area contributed by atoms with E-state index >= 15 is 0 Å². The molecule has 0 aliphatic heterocycles. The van der Waals surface area contributed by atoms with Crippen LogP contribution in [0.5, 0.6) is 0 Å². The maximum atomic E-state index is 12.7. The Kier molecular flexibility index (Phi) is 6.42. The first-order valence-corrected chi connectivity index (χ1v) is 9.48. The summed E-state index contributed by atoms with van der Waals surface area (Å²) in [6.45, 7) is 0. The third-order valence-corrected chi connectivity index (χ3v) is 4.91. The van der Waals surface area contributed by atoms with Crippen molar-refractivity contribution in [3.63, 3.8) is 0 Å². The topological polar surface area (TPSA) is 84.5 Å². The van der Waals surface area contributed by atoms with E-state index in [1.54, 1.807) is 42.5 Å². The Bertz CT molecular complexity index is 872. The molecule has 1 saturated carbocycles. The molecule has 2 aromatic rings. The van der Waals surface area contributed by atoms with Gasteiger partial charge in [0.1, 0.15) is 0 Å². The van der Waals surface area contributed by atoms with E-state index in [-0.39, 0.29) is 11.9 Å². The molecule has 0 unspecified atom stereocenters. The second kappa shape index (κ2) is 9.17. The number of nitrogens with one attached hydrogen (secondary N) is 2. The van der Waals surface area contributed by atoms with Gasteiger partial charge in [0.25, 0.3) is 11.8 Å². The molecule has 0 aromatic heterocycles. The summed E-state index contributed by atoms with van der Waals surface area (Å²) in [6.07, 6.45) is 5.44. The van der Waals surface area contributed by atoms with Crippen molar-refractivity contribution in [3.8, 4) is 0 Å². The largest absolute Gasteiger partial charge is 0.465 e. The fraction of sp³-hybridized carbons (Fsp3) is 0.318. The van der Waals surface area contributed by atoms with Crippen LogP contribution in [0.2, 0.25) is 0 Å². The van der Waals surface area contributed by atoms with E-state index in [1.807, 2.05) is 0 Å². The molecule has 1 aliphatic rings. The van der Waals surface area contributed by atoms with Crippen molar-refractivity contribution in [2.24, 2.45) is 0 Å². The van der Waals surface area contributed by atoms with Crippen LogP contribution in [-0.4, -0.2) is 30.9 Å². The zero-order chi connectivity index (χ0) is 19.9. The Labute approximate surface area is 164 Å². The molecule has 6 nitrogen and oxygen atoms in total. The summed E-state index contributed by atoms with van der Waals surface area (Å²) in [5.74, 6) is -1.10. The van der Waals surface area contributed by atoms with Crippen LogP contribution in [-0.2, 0) is 4.74 Å². The summed E-state index contributed by atoms with van der Waals surface area (Å²) in [5, 5.41) is 5.85. The first-order chi connectivity index (χ1) is 13.6. The molecule has 3 rings (SSSR count). The van der Waals surface area contributed by atoms with E-state index in [0.29, 0.717) is 22.4 Å². The zero-order valence-corrected chi connectivity index (χ0v) is 15.9. The molecule has 0 radical (unpaired) electrons. The Morgan fingerprint density at radius 1 is 0.893 bits per heavy atom. The lowest BCUT2D eigenvalue weighted by Gasteiger charge is -2.23. The van der Waals surface area contributed by atoms with E-state index < -0.39 is 11.9 Å². The van der Waals surface area contributed by atoms with Gasteiger partial charge in [0.2, 0.25) is 0 Å². The quantitative estimate of drug-likeness (QED) is 0.773. The lowest BCUT2D eigenvalue weighted by atomic mass is 9.95. The van der Waals surface area contributed by atoms with Crippen molar-refractivity contribution < 1.29 is 19.1 Å². The Morgan fingerprint density at radius 3 is 2.36 bits per heavy atom. The van der Waals surface area contributed by atoms with Crippen molar-refractivity contribution in [1.82, 2.24) is 5.32 Å². The van der Waals surface area contributed by atoms with Crippen molar-refractivity contribution in [3.05, 3.63) is 65.2 Å². The molecule has 1 fully saturated rings. The number of esters is 1. The highest BCUT2D eigenvalue weighted by atomic mass is 16.5. The number of anilines is 1. The van der Waals surface area contributed by atoms with Gasteiger partial charge in [-0.05, 0) is 43.2 Å². The van der Waals surface area contributed by atoms with Crippen molar-refractivity contribution in [2.75, 3.05) is 12.4 Å². The molecule has 28 heavy (non-hydrogen) atoms. The third-order valence-electron chi connectivity index (χ3n) is 4.91. The first-order valence-electron chi connectivity index (χ1n) is 9.48. The number of amides is 2. The van der Waals surface area contributed by atoms with Gasteiger partial charge in [-0.25, -0.2) is 4.79 Å². The molecule has 6 heteroatoms. The van der Waals surface area contributed by atoms with Gasteiger partial charge in [-0.15, -0.1) is 0 Å². The summed E-state index contributed by atoms with van der Waals surface area (Å²) in [7, 11) is 1.29. The van der Waals surface area contributed by atoms with Crippen molar-refractivity contribution in [2.45, 2.75) is 38.1 Å². The number of hydrogen-bond donors (Lipinski definition) is 2. The molecule has 0 heterocycles. The highest BCUT2D eigenvalue weighted by Crippen LogP contribution is 2.20. The highest BCUT2D eigenvalue weighted by molar-refractivity contribution is 6.09. The van der Waals surface area contributed by atoms with Gasteiger partial charge < -0.3 is 15.4 Å². The molecule has 2 amide bonds. The molecule has 0 saturated heterocycles. The van der Waals surface area contributed by atoms with E-state index in [2.05, 4.69) is 15.4 Å². The summed E-state index contributed by atoms with van der Waals surface area (Å²) in [6, 6.07) is 13.4. The monoisotopic (exact) mass is 380 g/mol. The minimum Gasteiger partial charge on any atom is -0.465 e. The maximum Gasteiger partial charge on any atom is 0.337 e. The standard InChI is InChI=1S/C22H24N2O4/c1-28-22(27)16-9-7-8-15(14-16)20(25)24-19-13-6-5-12-18(19)21(26)23-17-10-3-2-4-11-17/h5-9,12-14,17H,2-4,10-11H2,1H3,(H,23,26)(H,24,25). The molecular formula is C22H24N2O4. The summed E-state index contributed by atoms with van der Waals surface area (Å²) >= 11 is 0. The molecule has 1 aliphatic carbocycles. The van der Waals surface area contributed by atoms with Gasteiger partial charge in [-0.3, -0.25) is 9.59 Å². The van der Waals surface area contributed by atoms with Crippen LogP contribution in [0.4, 0.5) is 5.69 Å². The molecular weight excluding hydrogens is 356 g/mol. The van der Waals surface area contributed by atoms with E-state index in [1.165, 1.54) is 19.6 Å². The summed E-state index contributed by atoms with van der Waals surface area (Å²) in [5.41, 5.74) is 1.46. The first kappa shape index (κ1) is 19.6. The molecule has 146 valence electrons. The van der Waals surface area contributed by atoms with Gasteiger partial charge in [0, 0.05) is 11.6 Å². The molecule has 0 bridgehead atoms. The second-order valence-corrected chi connectivity index (χ2v) is 6.88. The smallest absolute Gasteiger partial charge is 0.337 e. The van der Waals surface area contributed by atoms with Gasteiger partial charge in [0.15, 0.2) is 0 Å². The number of carbonyl (C=O) groups excluding carboxylic acids is 3. The van der Waals surface area contributed by atoms with Crippen molar-refractivity contribution in [1.29, 1.82) is 0 Å². The number of carbonyl (C=O) groups is 3. The Morgan fingerprint density at radius 2 is 1.61 bits per heavy atom. The molecule has 0 atom stereocenters. The van der Waals surface area contributed by atoms with E-state index in [9.17, 15) is 14.4 Å². The number of hydrogen-bond acceptors (Lipinski definition) is 4. The predicted octanol–water partition coefficient (Wildman–Crippen LogP) is 3.79. The number of ether oxygens (including phenoxy) is 1. The van der Waals surface area contributed by atoms with Gasteiger partial charge >= 0.3 is 5.97 Å². The average Bonchev–Trinajstić information content (AvgIpc) is 2.74. The molecule has 2 N–H and O–H groups in total. The van der Waals surface area contributed by atoms with Crippen molar-refractivity contribution >= 4 is 23.5 Å². The molecule has 0 spiro atoms. The fourth-order valence-corrected chi connectivity index (χ4v) is 3.40. The third kappa shape index (κ3) is 4.76.